The van der Waals surface area contributed by atoms with Gasteiger partial charge in [-0.3, -0.25) is 0 Å². The summed E-state index contributed by atoms with van der Waals surface area (Å²) in [6, 6.07) is 3.32. The maximum atomic E-state index is 10.5. The molecular weight excluding hydrogens is 428 g/mol. The minimum Gasteiger partial charge on any atom is -0.504 e. The van der Waals surface area contributed by atoms with Crippen LogP contribution in [-0.4, -0.2) is 46.0 Å². The number of phenols is 9. The molecule has 3 aromatic rings. The normalized spacial score (nSPS) is 10.7. The van der Waals surface area contributed by atoms with Crippen LogP contribution in [0.3, 0.4) is 0 Å². The van der Waals surface area contributed by atoms with Crippen LogP contribution in [0, 0.1) is 0 Å². The fourth-order valence-corrected chi connectivity index (χ4v) is 3.95. The molecule has 0 fully saturated rings. The van der Waals surface area contributed by atoms with Crippen LogP contribution in [0.4, 0.5) is 0 Å². The van der Waals surface area contributed by atoms with E-state index in [2.05, 4.69) is 0 Å². The smallest absolute Gasteiger partial charge is 0.208 e. The largest absolute Gasteiger partial charge is 0.504 e. The maximum Gasteiger partial charge on any atom is 0.208 e. The van der Waals surface area contributed by atoms with Gasteiger partial charge in [0.1, 0.15) is 0 Å². The van der Waals surface area contributed by atoms with Crippen molar-refractivity contribution in [2.75, 3.05) is 0 Å². The van der Waals surface area contributed by atoms with Gasteiger partial charge in [-0.1, -0.05) is 27.7 Å². The standard InChI is InChI=1S/C19H18O9S.C2H6/c1-5(2)6-3-4-7(29-6)8-11(20)13(22)9(14(23)12(8)21)10-15(24)17(26)19(28)18(27)16(10)25;1-2/h3-5,20-28H,1-2H3;1-2H3. The van der Waals surface area contributed by atoms with Crippen LogP contribution in [0.25, 0.3) is 21.6 Å². The molecule has 0 radical (unpaired) electrons. The monoisotopic (exact) mass is 452 g/mol. The van der Waals surface area contributed by atoms with Crippen molar-refractivity contribution in [1.82, 2.24) is 0 Å². The van der Waals surface area contributed by atoms with Crippen LogP contribution >= 0.6 is 11.3 Å². The Morgan fingerprint density at radius 1 is 0.516 bits per heavy atom. The summed E-state index contributed by atoms with van der Waals surface area (Å²) in [4.78, 5) is 1.23. The van der Waals surface area contributed by atoms with Gasteiger partial charge in [-0.25, -0.2) is 0 Å². The first kappa shape index (κ1) is 23.6. The van der Waals surface area contributed by atoms with Crippen molar-refractivity contribution < 1.29 is 46.0 Å². The third-order valence-electron chi connectivity index (χ3n) is 4.46. The van der Waals surface area contributed by atoms with E-state index in [1.807, 2.05) is 27.7 Å². The summed E-state index contributed by atoms with van der Waals surface area (Å²) >= 11 is 1.20. The van der Waals surface area contributed by atoms with Gasteiger partial charge >= 0.3 is 0 Å². The number of aromatic hydroxyl groups is 9. The molecule has 0 spiro atoms. The molecule has 0 saturated carbocycles. The molecule has 1 aromatic heterocycles. The van der Waals surface area contributed by atoms with Crippen LogP contribution in [0.2, 0.25) is 0 Å². The van der Waals surface area contributed by atoms with Gasteiger partial charge in [0, 0.05) is 9.75 Å². The molecule has 0 bridgehead atoms. The Labute approximate surface area is 181 Å². The minimum atomic E-state index is -1.25. The van der Waals surface area contributed by atoms with Crippen molar-refractivity contribution in [3.8, 4) is 73.3 Å². The lowest BCUT2D eigenvalue weighted by molar-refractivity contribution is 0.329. The molecule has 9 N–H and O–H groups in total. The lowest BCUT2D eigenvalue weighted by atomic mass is 9.96. The number of phenolic OH excluding ortho intramolecular Hbond substituents is 9. The third-order valence-corrected chi connectivity index (χ3v) is 5.86. The van der Waals surface area contributed by atoms with Crippen LogP contribution in [0.1, 0.15) is 38.5 Å². The first-order valence-corrected chi connectivity index (χ1v) is 10.1. The Balaban J connectivity index is 0.00000166. The van der Waals surface area contributed by atoms with E-state index in [1.165, 1.54) is 11.3 Å². The molecule has 0 amide bonds. The van der Waals surface area contributed by atoms with Gasteiger partial charge in [0.15, 0.2) is 34.5 Å². The zero-order valence-corrected chi connectivity index (χ0v) is 18.0. The van der Waals surface area contributed by atoms with Crippen LogP contribution < -0.4 is 0 Å². The molecule has 0 aliphatic rings. The Hall–Kier alpha value is -3.66. The predicted octanol–water partition coefficient (Wildman–Crippen LogP) is 4.58. The molecule has 1 heterocycles. The van der Waals surface area contributed by atoms with E-state index in [9.17, 15) is 46.0 Å². The Morgan fingerprint density at radius 2 is 0.839 bits per heavy atom. The molecule has 10 heteroatoms. The van der Waals surface area contributed by atoms with Crippen LogP contribution in [0.5, 0.6) is 51.7 Å². The van der Waals surface area contributed by atoms with Crippen LogP contribution in [-0.2, 0) is 0 Å². The second-order valence-electron chi connectivity index (χ2n) is 6.62. The molecule has 2 aromatic carbocycles. The van der Waals surface area contributed by atoms with Gasteiger partial charge in [0.25, 0.3) is 0 Å². The highest BCUT2D eigenvalue weighted by Gasteiger charge is 2.33. The van der Waals surface area contributed by atoms with Crippen molar-refractivity contribution in [2.45, 2.75) is 33.6 Å². The minimum absolute atomic E-state index is 0.149. The molecule has 0 unspecified atom stereocenters. The molecule has 0 aliphatic carbocycles. The number of hydrogen-bond donors (Lipinski definition) is 9. The van der Waals surface area contributed by atoms with Gasteiger partial charge in [0.2, 0.25) is 17.2 Å². The van der Waals surface area contributed by atoms with E-state index in [0.29, 0.717) is 4.88 Å². The SMILES string of the molecule is CC.CC(C)c1ccc(-c2c(O)c(O)c(-c3c(O)c(O)c(O)c(O)c3O)c(O)c2O)s1. The number of thiophene rings is 1. The highest BCUT2D eigenvalue weighted by Crippen LogP contribution is 2.62. The highest BCUT2D eigenvalue weighted by atomic mass is 32.1. The molecule has 3 rings (SSSR count). The zero-order valence-electron chi connectivity index (χ0n) is 17.2. The van der Waals surface area contributed by atoms with Crippen molar-refractivity contribution in [3.63, 3.8) is 0 Å². The number of benzene rings is 2. The predicted molar refractivity (Wildman–Crippen MR) is 116 cm³/mol. The Kier molecular flexibility index (Phi) is 6.55. The topological polar surface area (TPSA) is 182 Å². The summed E-state index contributed by atoms with van der Waals surface area (Å²) in [6.45, 7) is 7.87. The molecule has 168 valence electrons. The average molecular weight is 452 g/mol. The lowest BCUT2D eigenvalue weighted by Gasteiger charge is -2.18. The van der Waals surface area contributed by atoms with E-state index in [4.69, 9.17) is 0 Å². The van der Waals surface area contributed by atoms with E-state index < -0.39 is 62.9 Å². The van der Waals surface area contributed by atoms with E-state index >= 15 is 0 Å². The van der Waals surface area contributed by atoms with Crippen molar-refractivity contribution >= 4 is 11.3 Å². The van der Waals surface area contributed by atoms with Gasteiger partial charge in [0.05, 0.1) is 16.7 Å². The molecule has 0 saturated heterocycles. The van der Waals surface area contributed by atoms with Gasteiger partial charge < -0.3 is 46.0 Å². The quantitative estimate of drug-likeness (QED) is 0.203. The van der Waals surface area contributed by atoms with E-state index in [1.54, 1.807) is 12.1 Å². The fourth-order valence-electron chi connectivity index (χ4n) is 2.89. The highest BCUT2D eigenvalue weighted by molar-refractivity contribution is 7.15. The summed E-state index contributed by atoms with van der Waals surface area (Å²) in [5, 5.41) is 90.8. The van der Waals surface area contributed by atoms with Crippen molar-refractivity contribution in [1.29, 1.82) is 0 Å². The van der Waals surface area contributed by atoms with Crippen molar-refractivity contribution in [3.05, 3.63) is 17.0 Å². The summed E-state index contributed by atoms with van der Waals surface area (Å²) in [7, 11) is 0. The van der Waals surface area contributed by atoms with Crippen LogP contribution in [0.15, 0.2) is 12.1 Å². The molecule has 31 heavy (non-hydrogen) atoms. The second-order valence-corrected chi connectivity index (χ2v) is 7.73. The zero-order chi connectivity index (χ0) is 23.8. The van der Waals surface area contributed by atoms with Gasteiger partial charge in [-0.15, -0.1) is 11.3 Å². The average Bonchev–Trinajstić information content (AvgIpc) is 3.23. The number of rotatable bonds is 3. The van der Waals surface area contributed by atoms with Gasteiger partial charge in [-0.2, -0.15) is 0 Å². The maximum absolute atomic E-state index is 10.5. The van der Waals surface area contributed by atoms with E-state index in [-0.39, 0.29) is 11.5 Å². The van der Waals surface area contributed by atoms with Gasteiger partial charge in [-0.05, 0) is 18.1 Å². The van der Waals surface area contributed by atoms with E-state index in [0.717, 1.165) is 4.88 Å². The second kappa shape index (κ2) is 8.60. The summed E-state index contributed by atoms with van der Waals surface area (Å²) in [5.74, 6) is -9.88. The lowest BCUT2D eigenvalue weighted by Crippen LogP contribution is -1.89. The molecule has 0 aliphatic heterocycles. The third kappa shape index (κ3) is 3.66. The first-order valence-electron chi connectivity index (χ1n) is 9.27. The Morgan fingerprint density at radius 3 is 1.19 bits per heavy atom. The summed E-state index contributed by atoms with van der Waals surface area (Å²) in [5.41, 5.74) is -2.07. The van der Waals surface area contributed by atoms with Crippen molar-refractivity contribution in [2.24, 2.45) is 0 Å². The molecule has 0 atom stereocenters. The Bertz CT molecular complexity index is 1070. The summed E-state index contributed by atoms with van der Waals surface area (Å²) in [6.07, 6.45) is 0. The molecular formula is C21H24O9S. The summed E-state index contributed by atoms with van der Waals surface area (Å²) < 4.78 is 0. The fraction of sp³-hybridized carbons (Fsp3) is 0.238. The first-order chi connectivity index (χ1) is 14.5. The number of hydrogen-bond acceptors (Lipinski definition) is 10. The molecule has 9 nitrogen and oxygen atoms in total.